The number of hydrogen-bond donors (Lipinski definition) is 4. The highest BCUT2D eigenvalue weighted by Gasteiger charge is 2.22. The van der Waals surface area contributed by atoms with Crippen molar-refractivity contribution in [1.29, 1.82) is 0 Å². The zero-order chi connectivity index (χ0) is 35.5. The fourth-order valence-corrected chi connectivity index (χ4v) is 8.84. The van der Waals surface area contributed by atoms with Crippen molar-refractivity contribution in [3.8, 4) is 32.9 Å². The first-order chi connectivity index (χ1) is 24.4. The molecule has 0 aliphatic rings. The van der Waals surface area contributed by atoms with E-state index in [4.69, 9.17) is 11.6 Å². The first-order valence-corrected chi connectivity index (χ1v) is 19.1. The Morgan fingerprint density at radius 1 is 0.784 bits per heavy atom. The van der Waals surface area contributed by atoms with Crippen LogP contribution in [0.15, 0.2) is 107 Å². The second kappa shape index (κ2) is 12.3. The number of aromatic amines is 2. The molecule has 0 bridgehead atoms. The summed E-state index contributed by atoms with van der Waals surface area (Å²) in [6, 6.07) is 19.4. The van der Waals surface area contributed by atoms with Crippen LogP contribution in [-0.2, 0) is 27.1 Å². The average molecular weight is 760 g/mol. The second-order valence-electron chi connectivity index (χ2n) is 11.3. The molecular weight excluding hydrogens is 737 g/mol. The highest BCUT2D eigenvalue weighted by atomic mass is 35.5. The fourth-order valence-electron chi connectivity index (χ4n) is 5.37. The predicted molar refractivity (Wildman–Crippen MR) is 194 cm³/mol. The van der Waals surface area contributed by atoms with E-state index in [1.54, 1.807) is 47.4 Å². The lowest BCUT2D eigenvalue weighted by Gasteiger charge is -2.12. The number of halogens is 2. The third-order valence-electron chi connectivity index (χ3n) is 7.90. The molecule has 8 rings (SSSR count). The second-order valence-corrected chi connectivity index (χ2v) is 16.1. The molecule has 4 heterocycles. The monoisotopic (exact) mass is 759 g/mol. The first-order valence-electron chi connectivity index (χ1n) is 15.0. The van der Waals surface area contributed by atoms with Gasteiger partial charge >= 0.3 is 0 Å². The number of para-hydroxylation sites is 1. The highest BCUT2D eigenvalue weighted by molar-refractivity contribution is 7.93. The average Bonchev–Trinajstić information content (AvgIpc) is 3.91. The van der Waals surface area contributed by atoms with Crippen LogP contribution in [0.3, 0.4) is 0 Å². The number of anilines is 2. The van der Waals surface area contributed by atoms with Gasteiger partial charge in [0.2, 0.25) is 0 Å². The van der Waals surface area contributed by atoms with Crippen LogP contribution in [0, 0.1) is 5.82 Å². The largest absolute Gasteiger partial charge is 0.336 e. The predicted octanol–water partition coefficient (Wildman–Crippen LogP) is 7.02. The number of imidazole rings is 3. The van der Waals surface area contributed by atoms with Crippen molar-refractivity contribution in [2.75, 3.05) is 9.44 Å². The van der Waals surface area contributed by atoms with E-state index in [0.29, 0.717) is 55.0 Å². The maximum atomic E-state index is 14.1. The summed E-state index contributed by atoms with van der Waals surface area (Å²) in [5.41, 5.74) is 2.56. The van der Waals surface area contributed by atoms with Gasteiger partial charge in [0.25, 0.3) is 20.0 Å². The van der Waals surface area contributed by atoms with Crippen LogP contribution in [-0.4, -0.2) is 51.3 Å². The van der Waals surface area contributed by atoms with Crippen LogP contribution in [0.4, 0.5) is 15.8 Å². The van der Waals surface area contributed by atoms with Gasteiger partial charge in [-0.15, -0.1) is 11.3 Å². The normalized spacial score (nSPS) is 12.1. The van der Waals surface area contributed by atoms with E-state index in [2.05, 4.69) is 39.3 Å². The zero-order valence-corrected chi connectivity index (χ0v) is 29.3. The van der Waals surface area contributed by atoms with Crippen molar-refractivity contribution in [3.05, 3.63) is 108 Å². The molecule has 0 atom stereocenters. The maximum absolute atomic E-state index is 14.1. The Kier molecular flexibility index (Phi) is 7.86. The number of nitrogens with zero attached hydrogens (tertiary/aromatic N) is 5. The van der Waals surface area contributed by atoms with Gasteiger partial charge < -0.3 is 14.5 Å². The molecule has 256 valence electrons. The molecule has 0 aliphatic carbocycles. The summed E-state index contributed by atoms with van der Waals surface area (Å²) in [6.45, 7) is 0. The van der Waals surface area contributed by atoms with Crippen LogP contribution in [0.5, 0.6) is 0 Å². The zero-order valence-electron chi connectivity index (χ0n) is 26.1. The standard InChI is InChI=1S/C33H23ClFN9O4S3/c1-44-14-13-36-32(44)30-38-23-11-9-19(15-26(23)40-30)51(47,48)43-25-8-4-5-20(29(25)34)28-17-37-33(49-28)31-39-24-12-10-18(16-27(24)41-31)50(45,46)42-22-7-3-2-6-21(22)35/h2-17,42-43H,1H3,(H,38,40)(H,39,41). The Morgan fingerprint density at radius 3 is 2.08 bits per heavy atom. The number of aryl methyl sites for hydroxylation is 1. The SMILES string of the molecule is Cn1ccnc1-c1nc2ccc(S(=O)(=O)Nc3cccc(-c4cnc(-c5nc6ccc(S(=O)(=O)Nc7ccccc7F)cc6[nH]5)s4)c3Cl)cc2[nH]1. The van der Waals surface area contributed by atoms with E-state index in [9.17, 15) is 21.2 Å². The third-order valence-corrected chi connectivity index (χ3v) is 12.1. The van der Waals surface area contributed by atoms with Gasteiger partial charge in [-0.25, -0.2) is 41.2 Å². The van der Waals surface area contributed by atoms with Crippen molar-refractivity contribution < 1.29 is 21.2 Å². The summed E-state index contributed by atoms with van der Waals surface area (Å²) in [6.07, 6.45) is 5.02. The number of hydrogen-bond acceptors (Lipinski definition) is 9. The number of nitrogens with one attached hydrogen (secondary N) is 4. The van der Waals surface area contributed by atoms with Crippen LogP contribution in [0.1, 0.15) is 0 Å². The number of fused-ring (bicyclic) bond motifs is 2. The van der Waals surface area contributed by atoms with E-state index in [0.717, 1.165) is 6.07 Å². The number of thiazole rings is 1. The molecule has 13 nitrogen and oxygen atoms in total. The summed E-state index contributed by atoms with van der Waals surface area (Å²) >= 11 is 8.02. The highest BCUT2D eigenvalue weighted by Crippen LogP contribution is 2.39. The Balaban J connectivity index is 1.04. The van der Waals surface area contributed by atoms with E-state index in [1.807, 2.05) is 7.05 Å². The van der Waals surface area contributed by atoms with Gasteiger partial charge in [0, 0.05) is 31.2 Å². The molecule has 0 aliphatic heterocycles. The number of benzene rings is 4. The van der Waals surface area contributed by atoms with Gasteiger partial charge in [0.05, 0.1) is 53.1 Å². The number of rotatable bonds is 9. The summed E-state index contributed by atoms with van der Waals surface area (Å²) in [5.74, 6) is 0.802. The molecule has 4 N–H and O–H groups in total. The van der Waals surface area contributed by atoms with Crippen molar-refractivity contribution in [2.45, 2.75) is 9.79 Å². The Labute approximate surface area is 298 Å². The minimum atomic E-state index is -4.09. The smallest absolute Gasteiger partial charge is 0.262 e. The Bertz CT molecular complexity index is 2870. The van der Waals surface area contributed by atoms with Crippen molar-refractivity contribution >= 4 is 76.4 Å². The van der Waals surface area contributed by atoms with Gasteiger partial charge in [-0.3, -0.25) is 9.44 Å². The lowest BCUT2D eigenvalue weighted by atomic mass is 10.2. The van der Waals surface area contributed by atoms with E-state index >= 15 is 0 Å². The van der Waals surface area contributed by atoms with Gasteiger partial charge in [0.1, 0.15) is 5.82 Å². The summed E-state index contributed by atoms with van der Waals surface area (Å²) in [5, 5.41) is 0.646. The molecule has 8 aromatic rings. The topological polar surface area (TPSA) is 180 Å². The molecule has 4 aromatic heterocycles. The minimum Gasteiger partial charge on any atom is -0.336 e. The molecule has 18 heteroatoms. The molecule has 4 aromatic carbocycles. The molecule has 51 heavy (non-hydrogen) atoms. The maximum Gasteiger partial charge on any atom is 0.262 e. The van der Waals surface area contributed by atoms with Crippen molar-refractivity contribution in [1.82, 2.24) is 34.5 Å². The molecule has 0 spiro atoms. The summed E-state index contributed by atoms with van der Waals surface area (Å²) < 4.78 is 73.7. The molecular formula is C33H23ClFN9O4S3. The number of aromatic nitrogens is 7. The lowest BCUT2D eigenvalue weighted by molar-refractivity contribution is 0.598. The van der Waals surface area contributed by atoms with Crippen molar-refractivity contribution in [2.24, 2.45) is 7.05 Å². The van der Waals surface area contributed by atoms with Crippen LogP contribution in [0.2, 0.25) is 5.02 Å². The molecule has 0 radical (unpaired) electrons. The molecule has 0 saturated carbocycles. The van der Waals surface area contributed by atoms with E-state index in [1.165, 1.54) is 59.9 Å². The number of sulfonamides is 2. The van der Waals surface area contributed by atoms with Gasteiger partial charge in [-0.2, -0.15) is 0 Å². The summed E-state index contributed by atoms with van der Waals surface area (Å²) in [4.78, 5) is 24.6. The van der Waals surface area contributed by atoms with Gasteiger partial charge in [0.15, 0.2) is 22.5 Å². The lowest BCUT2D eigenvalue weighted by Crippen LogP contribution is -2.13. The van der Waals surface area contributed by atoms with E-state index in [-0.39, 0.29) is 26.2 Å². The number of H-pyrrole nitrogens is 2. The fraction of sp³-hybridized carbons (Fsp3) is 0.0303. The molecule has 0 unspecified atom stereocenters. The van der Waals surface area contributed by atoms with Crippen LogP contribution in [0.25, 0.3) is 55.0 Å². The quantitative estimate of drug-likeness (QED) is 0.121. The Morgan fingerprint density at radius 2 is 1.41 bits per heavy atom. The molecule has 0 saturated heterocycles. The minimum absolute atomic E-state index is 0.00967. The molecule has 0 fully saturated rings. The van der Waals surface area contributed by atoms with Crippen LogP contribution >= 0.6 is 22.9 Å². The van der Waals surface area contributed by atoms with Crippen LogP contribution < -0.4 is 9.44 Å². The summed E-state index contributed by atoms with van der Waals surface area (Å²) in [7, 11) is -6.32. The van der Waals surface area contributed by atoms with Crippen molar-refractivity contribution in [3.63, 3.8) is 0 Å². The van der Waals surface area contributed by atoms with Gasteiger partial charge in [-0.05, 0) is 54.6 Å². The first kappa shape index (κ1) is 32.6. The molecule has 0 amide bonds. The Hall–Kier alpha value is -5.62. The third kappa shape index (κ3) is 6.09. The van der Waals surface area contributed by atoms with E-state index < -0.39 is 25.9 Å². The van der Waals surface area contributed by atoms with Gasteiger partial charge in [-0.1, -0.05) is 35.9 Å².